The predicted molar refractivity (Wildman–Crippen MR) is 121 cm³/mol. The van der Waals surface area contributed by atoms with E-state index in [1.807, 2.05) is 6.92 Å². The zero-order chi connectivity index (χ0) is 23.0. The molecule has 5 nitrogen and oxygen atoms in total. The summed E-state index contributed by atoms with van der Waals surface area (Å²) in [5.74, 6) is -0.217. The quantitative estimate of drug-likeness (QED) is 0.625. The number of hydrogen-bond acceptors (Lipinski definition) is 3. The molecule has 0 saturated heterocycles. The Morgan fingerprint density at radius 2 is 1.81 bits per heavy atom. The third-order valence-corrected chi connectivity index (χ3v) is 8.60. The van der Waals surface area contributed by atoms with Crippen LogP contribution in [0, 0.1) is 40.8 Å². The van der Waals surface area contributed by atoms with Crippen LogP contribution in [-0.4, -0.2) is 29.1 Å². The van der Waals surface area contributed by atoms with Crippen LogP contribution in [0.25, 0.3) is 0 Å². The number of aliphatic hydroxyl groups is 1. The van der Waals surface area contributed by atoms with E-state index in [1.54, 1.807) is 12.1 Å². The van der Waals surface area contributed by atoms with Crippen molar-refractivity contribution < 1.29 is 19.1 Å². The topological polar surface area (TPSA) is 78.4 Å². The van der Waals surface area contributed by atoms with Gasteiger partial charge in [-0.1, -0.05) is 32.9 Å². The first-order valence-corrected chi connectivity index (χ1v) is 12.2. The van der Waals surface area contributed by atoms with E-state index in [-0.39, 0.29) is 58.7 Å². The number of fused-ring (bicyclic) bond motifs is 1. The zero-order valence-corrected chi connectivity index (χ0v) is 19.4. The third-order valence-electron chi connectivity index (χ3n) is 8.60. The van der Waals surface area contributed by atoms with Gasteiger partial charge < -0.3 is 15.7 Å². The van der Waals surface area contributed by atoms with Crippen LogP contribution in [0.1, 0.15) is 64.9 Å². The Balaban J connectivity index is 1.40. The summed E-state index contributed by atoms with van der Waals surface area (Å²) < 4.78 is 13.1. The van der Waals surface area contributed by atoms with Crippen LogP contribution in [0.15, 0.2) is 24.3 Å². The van der Waals surface area contributed by atoms with Gasteiger partial charge in [0.25, 0.3) is 0 Å². The Morgan fingerprint density at radius 3 is 2.47 bits per heavy atom. The Morgan fingerprint density at radius 1 is 1.16 bits per heavy atom. The lowest BCUT2D eigenvalue weighted by molar-refractivity contribution is -0.144. The van der Waals surface area contributed by atoms with Crippen LogP contribution < -0.4 is 10.6 Å². The molecule has 0 heterocycles. The highest BCUT2D eigenvalue weighted by Gasteiger charge is 2.54. The van der Waals surface area contributed by atoms with Crippen molar-refractivity contribution in [1.29, 1.82) is 0 Å². The largest absolute Gasteiger partial charge is 0.392 e. The summed E-state index contributed by atoms with van der Waals surface area (Å²) in [6.45, 7) is 6.67. The van der Waals surface area contributed by atoms with Gasteiger partial charge in [-0.25, -0.2) is 4.39 Å². The molecule has 0 bridgehead atoms. The summed E-state index contributed by atoms with van der Waals surface area (Å²) in [6.07, 6.45) is 5.17. The van der Waals surface area contributed by atoms with Crippen LogP contribution in [0.4, 0.5) is 4.39 Å². The summed E-state index contributed by atoms with van der Waals surface area (Å²) in [5.41, 5.74) is 0.888. The van der Waals surface area contributed by atoms with Crippen molar-refractivity contribution in [3.05, 3.63) is 35.6 Å². The van der Waals surface area contributed by atoms with Gasteiger partial charge in [-0.2, -0.15) is 0 Å². The SMILES string of the molecule is CC(C(=O)NCc1ccc(F)cc1)C1CCC2(C)CCC(NC(=O)C3CC3)C(C)C2C1O. The summed E-state index contributed by atoms with van der Waals surface area (Å²) in [7, 11) is 0. The molecule has 0 aliphatic heterocycles. The van der Waals surface area contributed by atoms with E-state index >= 15 is 0 Å². The Bertz CT molecular complexity index is 840. The average molecular weight is 445 g/mol. The molecule has 1 aromatic carbocycles. The van der Waals surface area contributed by atoms with Gasteiger partial charge in [-0.3, -0.25) is 9.59 Å². The molecule has 4 rings (SSSR count). The molecule has 7 unspecified atom stereocenters. The highest BCUT2D eigenvalue weighted by atomic mass is 19.1. The zero-order valence-electron chi connectivity index (χ0n) is 19.4. The minimum atomic E-state index is -0.573. The lowest BCUT2D eigenvalue weighted by Gasteiger charge is -2.56. The molecule has 3 saturated carbocycles. The molecular weight excluding hydrogens is 407 g/mol. The molecule has 6 heteroatoms. The van der Waals surface area contributed by atoms with E-state index in [4.69, 9.17) is 0 Å². The minimum absolute atomic E-state index is 0.0421. The number of nitrogens with one attached hydrogen (secondary N) is 2. The Labute approximate surface area is 190 Å². The fourth-order valence-electron chi connectivity index (χ4n) is 6.29. The van der Waals surface area contributed by atoms with E-state index in [1.165, 1.54) is 12.1 Å². The van der Waals surface area contributed by atoms with Crippen LogP contribution in [0.5, 0.6) is 0 Å². The van der Waals surface area contributed by atoms with Crippen molar-refractivity contribution in [3.8, 4) is 0 Å². The Hall–Kier alpha value is -1.95. The number of rotatable bonds is 6. The van der Waals surface area contributed by atoms with Gasteiger partial charge in [-0.05, 0) is 79.4 Å². The average Bonchev–Trinajstić information content (AvgIpc) is 3.60. The lowest BCUT2D eigenvalue weighted by Crippen LogP contribution is -2.58. The second-order valence-electron chi connectivity index (χ2n) is 10.8. The molecule has 0 spiro atoms. The highest BCUT2D eigenvalue weighted by molar-refractivity contribution is 5.81. The normalized spacial score (nSPS) is 35.5. The second-order valence-corrected chi connectivity index (χ2v) is 10.8. The van der Waals surface area contributed by atoms with Gasteiger partial charge in [0.15, 0.2) is 0 Å². The molecule has 2 amide bonds. The number of hydrogen-bond donors (Lipinski definition) is 3. The first-order valence-electron chi connectivity index (χ1n) is 12.2. The summed E-state index contributed by atoms with van der Waals surface area (Å²) in [5, 5.41) is 17.7. The minimum Gasteiger partial charge on any atom is -0.392 e. The van der Waals surface area contributed by atoms with Crippen LogP contribution in [-0.2, 0) is 16.1 Å². The van der Waals surface area contributed by atoms with E-state index < -0.39 is 6.10 Å². The number of benzene rings is 1. The predicted octanol–water partition coefficient (Wildman–Crippen LogP) is 3.80. The summed E-state index contributed by atoms with van der Waals surface area (Å²) >= 11 is 0. The van der Waals surface area contributed by atoms with E-state index in [0.717, 1.165) is 44.1 Å². The van der Waals surface area contributed by atoms with E-state index in [0.29, 0.717) is 6.54 Å². The molecule has 3 aliphatic rings. The number of carbonyl (C=O) groups excluding carboxylic acids is 2. The molecule has 3 fully saturated rings. The second kappa shape index (κ2) is 9.12. The molecule has 0 radical (unpaired) electrons. The van der Waals surface area contributed by atoms with Crippen molar-refractivity contribution in [2.45, 2.75) is 78.0 Å². The number of amides is 2. The third kappa shape index (κ3) is 4.70. The van der Waals surface area contributed by atoms with Crippen LogP contribution in [0.2, 0.25) is 0 Å². The molecule has 32 heavy (non-hydrogen) atoms. The van der Waals surface area contributed by atoms with Crippen molar-refractivity contribution in [3.63, 3.8) is 0 Å². The molecule has 3 N–H and O–H groups in total. The Kier molecular flexibility index (Phi) is 6.62. The lowest BCUT2D eigenvalue weighted by atomic mass is 9.51. The number of carbonyl (C=O) groups is 2. The first kappa shape index (κ1) is 23.2. The monoisotopic (exact) mass is 444 g/mol. The van der Waals surface area contributed by atoms with Crippen molar-refractivity contribution in [2.24, 2.45) is 35.0 Å². The fraction of sp³-hybridized carbons (Fsp3) is 0.692. The number of aliphatic hydroxyl groups excluding tert-OH is 1. The highest BCUT2D eigenvalue weighted by Crippen LogP contribution is 2.55. The maximum Gasteiger partial charge on any atom is 0.223 e. The summed E-state index contributed by atoms with van der Waals surface area (Å²) in [6, 6.07) is 6.21. The molecule has 176 valence electrons. The molecular formula is C26H37FN2O3. The maximum atomic E-state index is 13.1. The molecule has 0 aromatic heterocycles. The van der Waals surface area contributed by atoms with Crippen molar-refractivity contribution >= 4 is 11.8 Å². The van der Waals surface area contributed by atoms with Gasteiger partial charge in [-0.15, -0.1) is 0 Å². The van der Waals surface area contributed by atoms with Crippen LogP contribution >= 0.6 is 0 Å². The van der Waals surface area contributed by atoms with Gasteiger partial charge in [0.05, 0.1) is 6.10 Å². The maximum absolute atomic E-state index is 13.1. The summed E-state index contributed by atoms with van der Waals surface area (Å²) in [4.78, 5) is 25.3. The number of halogens is 1. The van der Waals surface area contributed by atoms with Crippen LogP contribution in [0.3, 0.4) is 0 Å². The van der Waals surface area contributed by atoms with Gasteiger partial charge in [0.2, 0.25) is 11.8 Å². The van der Waals surface area contributed by atoms with Crippen molar-refractivity contribution in [2.75, 3.05) is 0 Å². The molecule has 1 aromatic rings. The molecule has 7 atom stereocenters. The van der Waals surface area contributed by atoms with Gasteiger partial charge in [0, 0.05) is 24.4 Å². The van der Waals surface area contributed by atoms with E-state index in [2.05, 4.69) is 24.5 Å². The van der Waals surface area contributed by atoms with Gasteiger partial charge >= 0.3 is 0 Å². The fourth-order valence-corrected chi connectivity index (χ4v) is 6.29. The smallest absolute Gasteiger partial charge is 0.223 e. The van der Waals surface area contributed by atoms with Crippen molar-refractivity contribution in [1.82, 2.24) is 10.6 Å². The van der Waals surface area contributed by atoms with E-state index in [9.17, 15) is 19.1 Å². The standard InChI is InChI=1S/C26H37FN2O3/c1-15(24(31)28-14-17-4-8-19(27)9-5-17)20-10-12-26(3)13-11-21(16(2)22(26)23(20)30)29-25(32)18-6-7-18/h4-5,8-9,15-16,18,20-23,30H,6-7,10-14H2,1-3H3,(H,28,31)(H,29,32). The first-order chi connectivity index (χ1) is 15.2. The molecule has 3 aliphatic carbocycles. The van der Waals surface area contributed by atoms with Gasteiger partial charge in [0.1, 0.15) is 5.82 Å².